The van der Waals surface area contributed by atoms with E-state index in [-0.39, 0.29) is 5.91 Å². The summed E-state index contributed by atoms with van der Waals surface area (Å²) in [6, 6.07) is 2.32. The number of nitrogens with one attached hydrogen (secondary N) is 1. The highest BCUT2D eigenvalue weighted by atomic mass is 32.1. The topological polar surface area (TPSA) is 63.7 Å². The first-order valence-corrected chi connectivity index (χ1v) is 10.8. The second-order valence-electron chi connectivity index (χ2n) is 6.60. The van der Waals surface area contributed by atoms with Gasteiger partial charge in [-0.25, -0.2) is 4.98 Å². The Morgan fingerprint density at radius 1 is 1.31 bits per heavy atom. The van der Waals surface area contributed by atoms with Gasteiger partial charge in [-0.3, -0.25) is 9.69 Å². The summed E-state index contributed by atoms with van der Waals surface area (Å²) < 4.78 is 11.1. The number of ether oxygens (including phenoxy) is 2. The number of aromatic nitrogens is 1. The molecule has 0 bridgehead atoms. The molecule has 2 saturated heterocycles. The maximum Gasteiger partial charge on any atom is 0.270 e. The van der Waals surface area contributed by atoms with E-state index >= 15 is 0 Å². The van der Waals surface area contributed by atoms with E-state index in [2.05, 4.69) is 20.6 Å². The molecule has 2 aliphatic rings. The molecule has 2 aromatic heterocycles. The van der Waals surface area contributed by atoms with Crippen LogP contribution in [0.4, 0.5) is 0 Å². The zero-order valence-corrected chi connectivity index (χ0v) is 16.2. The Hall–Kier alpha value is -1.32. The maximum absolute atomic E-state index is 12.6. The second kappa shape index (κ2) is 8.58. The van der Waals surface area contributed by atoms with Crippen molar-refractivity contribution in [3.05, 3.63) is 27.9 Å². The fraction of sp³-hybridized carbons (Fsp3) is 0.556. The largest absolute Gasteiger partial charge is 0.381 e. The maximum atomic E-state index is 12.6. The van der Waals surface area contributed by atoms with Crippen LogP contribution in [0.3, 0.4) is 0 Å². The van der Waals surface area contributed by atoms with E-state index in [4.69, 9.17) is 9.47 Å². The Kier molecular flexibility index (Phi) is 5.96. The molecule has 1 N–H and O–H groups in total. The molecule has 2 aromatic rings. The lowest BCUT2D eigenvalue weighted by molar-refractivity contribution is 0.00165. The van der Waals surface area contributed by atoms with Gasteiger partial charge in [-0.15, -0.1) is 11.3 Å². The highest BCUT2D eigenvalue weighted by Crippen LogP contribution is 2.26. The summed E-state index contributed by atoms with van der Waals surface area (Å²) in [6.45, 7) is 5.55. The molecular formula is C18H23N3O3S2. The number of thiophene rings is 1. The monoisotopic (exact) mass is 393 g/mol. The summed E-state index contributed by atoms with van der Waals surface area (Å²) in [7, 11) is 0. The quantitative estimate of drug-likeness (QED) is 0.816. The summed E-state index contributed by atoms with van der Waals surface area (Å²) in [5.74, 6) is 0.366. The minimum absolute atomic E-state index is 0.0973. The van der Waals surface area contributed by atoms with Crippen molar-refractivity contribution in [3.8, 4) is 10.6 Å². The zero-order chi connectivity index (χ0) is 17.8. The summed E-state index contributed by atoms with van der Waals surface area (Å²) in [4.78, 5) is 19.5. The van der Waals surface area contributed by atoms with Gasteiger partial charge in [-0.1, -0.05) is 0 Å². The molecule has 140 valence electrons. The van der Waals surface area contributed by atoms with Gasteiger partial charge >= 0.3 is 0 Å². The minimum Gasteiger partial charge on any atom is -0.381 e. The standard InChI is InChI=1S/C18H23N3O3S2/c22-17(15-12-26-18(20-15)14-2-8-25-11-14)19-9-16(13-1-5-24-10-13)21-3-6-23-7-4-21/h2,8,11-13,16H,1,3-7,9-10H2,(H,19,22)/t13-,16-/m1/s1. The van der Waals surface area contributed by atoms with Crippen molar-refractivity contribution in [2.24, 2.45) is 5.92 Å². The first kappa shape index (κ1) is 18.1. The van der Waals surface area contributed by atoms with Crippen molar-refractivity contribution in [2.75, 3.05) is 46.1 Å². The normalized spacial score (nSPS) is 22.4. The number of hydrogen-bond donors (Lipinski definition) is 1. The molecule has 0 spiro atoms. The van der Waals surface area contributed by atoms with Crippen molar-refractivity contribution < 1.29 is 14.3 Å². The molecule has 0 saturated carbocycles. The van der Waals surface area contributed by atoms with Crippen LogP contribution < -0.4 is 5.32 Å². The molecule has 4 rings (SSSR count). The summed E-state index contributed by atoms with van der Waals surface area (Å²) >= 11 is 3.15. The van der Waals surface area contributed by atoms with E-state index in [1.54, 1.807) is 11.3 Å². The number of hydrogen-bond acceptors (Lipinski definition) is 7. The molecule has 0 radical (unpaired) electrons. The number of morpholine rings is 1. The van der Waals surface area contributed by atoms with Gasteiger partial charge in [-0.05, 0) is 17.9 Å². The number of carbonyl (C=O) groups excluding carboxylic acids is 1. The van der Waals surface area contributed by atoms with Crippen molar-refractivity contribution >= 4 is 28.6 Å². The lowest BCUT2D eigenvalue weighted by Crippen LogP contribution is -2.52. The zero-order valence-electron chi connectivity index (χ0n) is 14.6. The molecule has 8 heteroatoms. The molecule has 2 fully saturated rings. The minimum atomic E-state index is -0.0973. The van der Waals surface area contributed by atoms with Gasteiger partial charge in [0.05, 0.1) is 19.8 Å². The Morgan fingerprint density at radius 2 is 2.19 bits per heavy atom. The number of thiazole rings is 1. The fourth-order valence-electron chi connectivity index (χ4n) is 3.54. The molecule has 6 nitrogen and oxygen atoms in total. The predicted octanol–water partition coefficient (Wildman–Crippen LogP) is 2.34. The van der Waals surface area contributed by atoms with Gasteiger partial charge in [-0.2, -0.15) is 11.3 Å². The molecule has 2 aliphatic heterocycles. The van der Waals surface area contributed by atoms with Crippen LogP contribution in [-0.2, 0) is 9.47 Å². The SMILES string of the molecule is O=C(NC[C@H]([C@@H]1CCOC1)N1CCOCC1)c1csc(-c2ccsc2)n1. The van der Waals surface area contributed by atoms with Crippen LogP contribution in [0, 0.1) is 5.92 Å². The summed E-state index contributed by atoms with van der Waals surface area (Å²) in [5, 5.41) is 9.91. The van der Waals surface area contributed by atoms with Crippen molar-refractivity contribution in [1.82, 2.24) is 15.2 Å². The van der Waals surface area contributed by atoms with Crippen LogP contribution in [0.2, 0.25) is 0 Å². The number of nitrogens with zero attached hydrogens (tertiary/aromatic N) is 2. The Bertz CT molecular complexity index is 707. The smallest absolute Gasteiger partial charge is 0.270 e. The second-order valence-corrected chi connectivity index (χ2v) is 8.24. The van der Waals surface area contributed by atoms with Gasteiger partial charge in [0.2, 0.25) is 0 Å². The first-order valence-electron chi connectivity index (χ1n) is 8.97. The third kappa shape index (κ3) is 4.15. The van der Waals surface area contributed by atoms with E-state index in [0.717, 1.165) is 56.5 Å². The summed E-state index contributed by atoms with van der Waals surface area (Å²) in [5.41, 5.74) is 1.58. The van der Waals surface area contributed by atoms with E-state index in [1.165, 1.54) is 11.3 Å². The average Bonchev–Trinajstić information content (AvgIpc) is 3.43. The highest BCUT2D eigenvalue weighted by molar-refractivity contribution is 7.14. The first-order chi connectivity index (χ1) is 12.8. The van der Waals surface area contributed by atoms with Crippen molar-refractivity contribution in [2.45, 2.75) is 12.5 Å². The molecular weight excluding hydrogens is 370 g/mol. The van der Waals surface area contributed by atoms with Crippen molar-refractivity contribution in [1.29, 1.82) is 0 Å². The van der Waals surface area contributed by atoms with Gasteiger partial charge in [0.15, 0.2) is 0 Å². The molecule has 2 atom stereocenters. The molecule has 1 amide bonds. The average molecular weight is 394 g/mol. The van der Waals surface area contributed by atoms with Gasteiger partial charge in [0.1, 0.15) is 10.7 Å². The molecule has 26 heavy (non-hydrogen) atoms. The molecule has 0 aliphatic carbocycles. The predicted molar refractivity (Wildman–Crippen MR) is 103 cm³/mol. The van der Waals surface area contributed by atoms with E-state index in [1.807, 2.05) is 16.8 Å². The van der Waals surface area contributed by atoms with Gasteiger partial charge in [0, 0.05) is 54.5 Å². The molecule has 0 unspecified atom stereocenters. The third-order valence-electron chi connectivity index (χ3n) is 5.00. The Morgan fingerprint density at radius 3 is 2.92 bits per heavy atom. The number of rotatable bonds is 6. The van der Waals surface area contributed by atoms with Crippen LogP contribution in [-0.4, -0.2) is 67.9 Å². The van der Waals surface area contributed by atoms with Crippen molar-refractivity contribution in [3.63, 3.8) is 0 Å². The Balaban J connectivity index is 1.39. The van der Waals surface area contributed by atoms with Gasteiger partial charge in [0.25, 0.3) is 5.91 Å². The number of carbonyl (C=O) groups is 1. The van der Waals surface area contributed by atoms with E-state index in [9.17, 15) is 4.79 Å². The van der Waals surface area contributed by atoms with E-state index in [0.29, 0.717) is 24.2 Å². The van der Waals surface area contributed by atoms with E-state index < -0.39 is 0 Å². The van der Waals surface area contributed by atoms with Crippen LogP contribution in [0.25, 0.3) is 10.6 Å². The molecule has 4 heterocycles. The third-order valence-corrected chi connectivity index (χ3v) is 6.58. The van der Waals surface area contributed by atoms with Gasteiger partial charge < -0.3 is 14.8 Å². The molecule has 0 aromatic carbocycles. The van der Waals surface area contributed by atoms with Crippen LogP contribution >= 0.6 is 22.7 Å². The van der Waals surface area contributed by atoms with Crippen LogP contribution in [0.1, 0.15) is 16.9 Å². The van der Waals surface area contributed by atoms with Crippen LogP contribution in [0.5, 0.6) is 0 Å². The lowest BCUT2D eigenvalue weighted by Gasteiger charge is -2.37. The fourth-order valence-corrected chi connectivity index (χ4v) is 5.06. The van der Waals surface area contributed by atoms with Crippen LogP contribution in [0.15, 0.2) is 22.2 Å². The lowest BCUT2D eigenvalue weighted by atomic mass is 9.97. The number of amides is 1. The highest BCUT2D eigenvalue weighted by Gasteiger charge is 2.32. The Labute approximate surface area is 161 Å². The summed E-state index contributed by atoms with van der Waals surface area (Å²) in [6.07, 6.45) is 1.05.